The molecule has 2 aromatic rings. The number of rotatable bonds is 3. The van der Waals surface area contributed by atoms with Crippen molar-refractivity contribution in [1.29, 1.82) is 0 Å². The van der Waals surface area contributed by atoms with E-state index in [4.69, 9.17) is 23.6 Å². The molecule has 2 fully saturated rings. The SMILES string of the molecule is COC1(OC)C(=O)[C@H]2C=C(c3nc4cc(C)ccc4o3)[C@H]1[C@@H]1CCO[C@@H]12. The van der Waals surface area contributed by atoms with Crippen molar-refractivity contribution in [3.05, 3.63) is 35.7 Å². The highest BCUT2D eigenvalue weighted by atomic mass is 16.7. The summed E-state index contributed by atoms with van der Waals surface area (Å²) < 4.78 is 23.3. The Labute approximate surface area is 151 Å². The van der Waals surface area contributed by atoms with E-state index in [1.54, 1.807) is 0 Å². The van der Waals surface area contributed by atoms with Crippen LogP contribution in [0.1, 0.15) is 17.9 Å². The van der Waals surface area contributed by atoms with E-state index in [1.165, 1.54) is 14.2 Å². The molecule has 1 aromatic heterocycles. The van der Waals surface area contributed by atoms with E-state index in [-0.39, 0.29) is 23.7 Å². The molecule has 2 heterocycles. The fraction of sp³-hybridized carbons (Fsp3) is 0.500. The topological polar surface area (TPSA) is 70.8 Å². The Morgan fingerprint density at radius 2 is 2.08 bits per heavy atom. The summed E-state index contributed by atoms with van der Waals surface area (Å²) in [4.78, 5) is 17.8. The zero-order valence-electron chi connectivity index (χ0n) is 15.0. The zero-order valence-corrected chi connectivity index (χ0v) is 15.0. The summed E-state index contributed by atoms with van der Waals surface area (Å²) in [5, 5.41) is 0. The summed E-state index contributed by atoms with van der Waals surface area (Å²) in [6.45, 7) is 2.67. The summed E-state index contributed by atoms with van der Waals surface area (Å²) in [5.41, 5.74) is 3.56. The molecule has 1 aliphatic heterocycles. The summed E-state index contributed by atoms with van der Waals surface area (Å²) in [6, 6.07) is 5.92. The monoisotopic (exact) mass is 355 g/mol. The van der Waals surface area contributed by atoms with Crippen molar-refractivity contribution < 1.29 is 23.4 Å². The number of aromatic nitrogens is 1. The standard InChI is InChI=1S/C20H21NO5/c1-10-4-5-15-14(8-10)21-19(26-15)12-9-13-17-11(6-7-25-17)16(12)20(23-2,24-3)18(13)22/h4-5,8-9,11,13,16-17H,6-7H2,1-3H3/t11-,13-,16+,17-/m0/s1. The maximum absolute atomic E-state index is 13.1. The van der Waals surface area contributed by atoms with Crippen LogP contribution in [0, 0.1) is 24.7 Å². The molecule has 0 unspecified atom stereocenters. The second kappa shape index (κ2) is 5.49. The van der Waals surface area contributed by atoms with E-state index in [1.807, 2.05) is 31.2 Å². The van der Waals surface area contributed by atoms with Crippen LogP contribution in [-0.4, -0.2) is 43.5 Å². The second-order valence-electron chi connectivity index (χ2n) is 7.34. The first-order valence-corrected chi connectivity index (χ1v) is 8.94. The highest BCUT2D eigenvalue weighted by molar-refractivity contribution is 5.98. The van der Waals surface area contributed by atoms with Gasteiger partial charge in [-0.15, -0.1) is 0 Å². The Hall–Kier alpha value is -2.02. The first-order valence-electron chi connectivity index (χ1n) is 8.94. The van der Waals surface area contributed by atoms with Crippen molar-refractivity contribution in [2.24, 2.45) is 17.8 Å². The molecule has 6 nitrogen and oxygen atoms in total. The van der Waals surface area contributed by atoms with Gasteiger partial charge in [0.15, 0.2) is 5.58 Å². The number of ketones is 1. The Balaban J connectivity index is 1.69. The molecule has 0 amide bonds. The maximum atomic E-state index is 13.1. The average molecular weight is 355 g/mol. The van der Waals surface area contributed by atoms with Gasteiger partial charge in [-0.25, -0.2) is 4.98 Å². The van der Waals surface area contributed by atoms with Crippen LogP contribution >= 0.6 is 0 Å². The molecule has 1 saturated heterocycles. The number of Topliss-reactive ketones (excluding diaryl/α,β-unsaturated/α-hetero) is 1. The summed E-state index contributed by atoms with van der Waals surface area (Å²) in [6.07, 6.45) is 2.71. The minimum atomic E-state index is -1.31. The summed E-state index contributed by atoms with van der Waals surface area (Å²) in [7, 11) is 3.06. The van der Waals surface area contributed by atoms with Gasteiger partial charge in [0.05, 0.1) is 17.9 Å². The van der Waals surface area contributed by atoms with Gasteiger partial charge in [-0.1, -0.05) is 12.1 Å². The minimum Gasteiger partial charge on any atom is -0.436 e. The largest absolute Gasteiger partial charge is 0.436 e. The molecule has 26 heavy (non-hydrogen) atoms. The number of methoxy groups -OCH3 is 2. The van der Waals surface area contributed by atoms with Crippen LogP contribution < -0.4 is 0 Å². The lowest BCUT2D eigenvalue weighted by atomic mass is 9.59. The smallest absolute Gasteiger partial charge is 0.236 e. The Bertz CT molecular complexity index is 925. The number of oxazole rings is 1. The lowest BCUT2D eigenvalue weighted by Crippen LogP contribution is -2.64. The van der Waals surface area contributed by atoms with E-state index in [2.05, 4.69) is 0 Å². The maximum Gasteiger partial charge on any atom is 0.236 e. The molecule has 4 aliphatic rings. The number of fused-ring (bicyclic) bond motifs is 2. The fourth-order valence-electron chi connectivity index (χ4n) is 4.98. The number of carbonyl (C=O) groups is 1. The Kier molecular flexibility index (Phi) is 3.41. The zero-order chi connectivity index (χ0) is 18.1. The van der Waals surface area contributed by atoms with Crippen molar-refractivity contribution in [3.8, 4) is 0 Å². The molecule has 6 rings (SSSR count). The molecule has 1 aromatic carbocycles. The quantitative estimate of drug-likeness (QED) is 0.789. The van der Waals surface area contributed by atoms with Crippen LogP contribution in [0.2, 0.25) is 0 Å². The van der Waals surface area contributed by atoms with Gasteiger partial charge in [0.1, 0.15) is 5.52 Å². The van der Waals surface area contributed by atoms with Crippen LogP contribution in [0.3, 0.4) is 0 Å². The molecule has 4 atom stereocenters. The van der Waals surface area contributed by atoms with E-state index in [0.29, 0.717) is 12.5 Å². The van der Waals surface area contributed by atoms with Crippen LogP contribution in [0.25, 0.3) is 16.7 Å². The third-order valence-electron chi connectivity index (χ3n) is 6.11. The van der Waals surface area contributed by atoms with Crippen LogP contribution in [0.5, 0.6) is 0 Å². The molecule has 3 aliphatic carbocycles. The molecule has 1 saturated carbocycles. The van der Waals surface area contributed by atoms with E-state index in [9.17, 15) is 4.79 Å². The molecule has 0 spiro atoms. The first kappa shape index (κ1) is 16.2. The van der Waals surface area contributed by atoms with Crippen molar-refractivity contribution in [1.82, 2.24) is 4.98 Å². The fourth-order valence-corrected chi connectivity index (χ4v) is 4.98. The van der Waals surface area contributed by atoms with Crippen LogP contribution in [-0.2, 0) is 19.0 Å². The highest BCUT2D eigenvalue weighted by Crippen LogP contribution is 2.56. The third kappa shape index (κ3) is 1.92. The lowest BCUT2D eigenvalue weighted by molar-refractivity contribution is -0.248. The van der Waals surface area contributed by atoms with Gasteiger partial charge < -0.3 is 18.6 Å². The van der Waals surface area contributed by atoms with E-state index < -0.39 is 11.7 Å². The Morgan fingerprint density at radius 1 is 1.27 bits per heavy atom. The number of nitrogens with zero attached hydrogens (tertiary/aromatic N) is 1. The lowest BCUT2D eigenvalue weighted by Gasteiger charge is -2.51. The number of benzene rings is 1. The molecule has 0 N–H and O–H groups in total. The molecular formula is C20H21NO5. The van der Waals surface area contributed by atoms with Gasteiger partial charge in [0, 0.05) is 32.3 Å². The van der Waals surface area contributed by atoms with Gasteiger partial charge in [0.2, 0.25) is 17.5 Å². The van der Waals surface area contributed by atoms with Gasteiger partial charge in [-0.2, -0.15) is 0 Å². The number of hydrogen-bond donors (Lipinski definition) is 0. The molecular weight excluding hydrogens is 334 g/mol. The van der Waals surface area contributed by atoms with Gasteiger partial charge in [-0.3, -0.25) is 4.79 Å². The first-order chi connectivity index (χ1) is 12.6. The van der Waals surface area contributed by atoms with Gasteiger partial charge >= 0.3 is 0 Å². The number of hydrogen-bond acceptors (Lipinski definition) is 6. The highest BCUT2D eigenvalue weighted by Gasteiger charge is 2.66. The minimum absolute atomic E-state index is 0.0774. The molecule has 2 bridgehead atoms. The molecule has 0 radical (unpaired) electrons. The van der Waals surface area contributed by atoms with E-state index >= 15 is 0 Å². The van der Waals surface area contributed by atoms with Crippen molar-refractivity contribution in [2.75, 3.05) is 20.8 Å². The van der Waals surface area contributed by atoms with E-state index in [0.717, 1.165) is 28.7 Å². The molecule has 136 valence electrons. The Morgan fingerprint density at radius 3 is 2.85 bits per heavy atom. The normalized spacial score (nSPS) is 32.1. The van der Waals surface area contributed by atoms with Crippen LogP contribution in [0.15, 0.2) is 28.7 Å². The predicted octanol–water partition coefficient (Wildman–Crippen LogP) is 2.74. The van der Waals surface area contributed by atoms with Gasteiger partial charge in [-0.05, 0) is 31.0 Å². The number of aryl methyl sites for hydroxylation is 1. The average Bonchev–Trinajstić information content (AvgIpc) is 3.29. The van der Waals surface area contributed by atoms with Crippen molar-refractivity contribution in [3.63, 3.8) is 0 Å². The van der Waals surface area contributed by atoms with Crippen molar-refractivity contribution >= 4 is 22.5 Å². The third-order valence-corrected chi connectivity index (χ3v) is 6.11. The summed E-state index contributed by atoms with van der Waals surface area (Å²) in [5.74, 6) is -1.39. The molecule has 6 heteroatoms. The van der Waals surface area contributed by atoms with Crippen LogP contribution in [0.4, 0.5) is 0 Å². The van der Waals surface area contributed by atoms with Crippen molar-refractivity contribution in [2.45, 2.75) is 25.2 Å². The number of carbonyl (C=O) groups excluding carboxylic acids is 1. The second-order valence-corrected chi connectivity index (χ2v) is 7.34. The summed E-state index contributed by atoms with van der Waals surface area (Å²) >= 11 is 0. The van der Waals surface area contributed by atoms with Gasteiger partial charge in [0.25, 0.3) is 0 Å². The predicted molar refractivity (Wildman–Crippen MR) is 93.3 cm³/mol. The number of ether oxygens (including phenoxy) is 3.